The summed E-state index contributed by atoms with van der Waals surface area (Å²) in [6.45, 7) is 5.69. The molecule has 5 rings (SSSR count). The molecule has 1 fully saturated rings. The van der Waals surface area contributed by atoms with Gasteiger partial charge >= 0.3 is 6.18 Å². The van der Waals surface area contributed by atoms with Crippen molar-refractivity contribution in [3.05, 3.63) is 94.6 Å². The van der Waals surface area contributed by atoms with Crippen LogP contribution in [0.15, 0.2) is 60.9 Å². The van der Waals surface area contributed by atoms with E-state index in [0.29, 0.717) is 17.9 Å². The first-order valence-electron chi connectivity index (χ1n) is 12.3. The Morgan fingerprint density at radius 3 is 2.49 bits per heavy atom. The van der Waals surface area contributed by atoms with Gasteiger partial charge in [0.1, 0.15) is 17.2 Å². The molecule has 4 aromatic rings. The standard InChI is InChI=1S/C28H28F3N5O/c1-18-8-14-36-25(15-18)34-19(2)26(36)27(37)33-17-20-7-11-32-24(16-20)35-12-9-22(10-13-35)21-3-5-23(6-4-21)28(29,30)31/h3-8,11,14-16,22H,9-10,12-13,17H2,1-2H3,(H,33,37). The number of rotatable bonds is 5. The van der Waals surface area contributed by atoms with Gasteiger partial charge in [-0.1, -0.05) is 12.1 Å². The van der Waals surface area contributed by atoms with E-state index in [4.69, 9.17) is 0 Å². The van der Waals surface area contributed by atoms with Crippen LogP contribution in [0.3, 0.4) is 0 Å². The molecule has 37 heavy (non-hydrogen) atoms. The Bertz CT molecular complexity index is 1420. The number of halogens is 3. The van der Waals surface area contributed by atoms with Gasteiger partial charge in [0.05, 0.1) is 11.3 Å². The largest absolute Gasteiger partial charge is 0.416 e. The van der Waals surface area contributed by atoms with Crippen LogP contribution in [-0.2, 0) is 12.7 Å². The van der Waals surface area contributed by atoms with E-state index in [0.717, 1.165) is 66.2 Å². The van der Waals surface area contributed by atoms with E-state index in [1.165, 1.54) is 0 Å². The number of nitrogens with zero attached hydrogens (tertiary/aromatic N) is 4. The Balaban J connectivity index is 1.20. The molecule has 0 spiro atoms. The second-order valence-corrected chi connectivity index (χ2v) is 9.56. The van der Waals surface area contributed by atoms with E-state index in [1.807, 2.05) is 44.3 Å². The number of amides is 1. The molecule has 0 aliphatic carbocycles. The zero-order valence-electron chi connectivity index (χ0n) is 20.7. The number of imidazole rings is 1. The average Bonchev–Trinajstić information content (AvgIpc) is 3.22. The number of hydrogen-bond acceptors (Lipinski definition) is 4. The van der Waals surface area contributed by atoms with E-state index in [1.54, 1.807) is 22.7 Å². The smallest absolute Gasteiger partial charge is 0.357 e. The molecule has 1 aliphatic rings. The second kappa shape index (κ2) is 9.88. The third-order valence-corrected chi connectivity index (χ3v) is 6.96. The molecule has 1 N–H and O–H groups in total. The van der Waals surface area contributed by atoms with Crippen LogP contribution in [0, 0.1) is 13.8 Å². The number of carbonyl (C=O) groups excluding carboxylic acids is 1. The summed E-state index contributed by atoms with van der Waals surface area (Å²) < 4.78 is 40.4. The van der Waals surface area contributed by atoms with Crippen molar-refractivity contribution < 1.29 is 18.0 Å². The van der Waals surface area contributed by atoms with Gasteiger partial charge in [-0.15, -0.1) is 0 Å². The van der Waals surface area contributed by atoms with E-state index < -0.39 is 11.7 Å². The van der Waals surface area contributed by atoms with E-state index in [2.05, 4.69) is 20.2 Å². The van der Waals surface area contributed by atoms with Crippen molar-refractivity contribution in [2.45, 2.75) is 45.3 Å². The maximum atomic E-state index is 13.0. The fourth-order valence-corrected chi connectivity index (χ4v) is 4.93. The lowest BCUT2D eigenvalue weighted by atomic mass is 9.89. The number of pyridine rings is 2. The Morgan fingerprint density at radius 2 is 1.78 bits per heavy atom. The summed E-state index contributed by atoms with van der Waals surface area (Å²) in [7, 11) is 0. The Hall–Kier alpha value is -3.88. The molecular formula is C28H28F3N5O. The first kappa shape index (κ1) is 24.8. The van der Waals surface area contributed by atoms with Gasteiger partial charge in [0, 0.05) is 32.0 Å². The minimum Gasteiger partial charge on any atom is -0.357 e. The first-order valence-corrected chi connectivity index (χ1v) is 12.3. The quantitative estimate of drug-likeness (QED) is 0.378. The summed E-state index contributed by atoms with van der Waals surface area (Å²) >= 11 is 0. The van der Waals surface area contributed by atoms with Crippen LogP contribution >= 0.6 is 0 Å². The van der Waals surface area contributed by atoms with Gasteiger partial charge < -0.3 is 10.2 Å². The average molecular weight is 508 g/mol. The number of benzene rings is 1. The lowest BCUT2D eigenvalue weighted by molar-refractivity contribution is -0.137. The van der Waals surface area contributed by atoms with Crippen LogP contribution in [0.2, 0.25) is 0 Å². The van der Waals surface area contributed by atoms with Gasteiger partial charge in [-0.25, -0.2) is 9.97 Å². The minimum atomic E-state index is -4.32. The first-order chi connectivity index (χ1) is 17.7. The van der Waals surface area contributed by atoms with E-state index in [-0.39, 0.29) is 11.8 Å². The molecule has 0 bridgehead atoms. The second-order valence-electron chi connectivity index (χ2n) is 9.56. The van der Waals surface area contributed by atoms with Crippen LogP contribution in [0.1, 0.15) is 57.2 Å². The van der Waals surface area contributed by atoms with Crippen molar-refractivity contribution in [3.63, 3.8) is 0 Å². The number of anilines is 1. The van der Waals surface area contributed by atoms with Crippen molar-refractivity contribution >= 4 is 17.4 Å². The SMILES string of the molecule is Cc1ccn2c(C(=O)NCc3ccnc(N4CCC(c5ccc(C(F)(F)F)cc5)CC4)c3)c(C)nc2c1. The number of carbonyl (C=O) groups is 1. The number of aromatic nitrogens is 3. The van der Waals surface area contributed by atoms with Crippen molar-refractivity contribution in [1.82, 2.24) is 19.7 Å². The molecule has 6 nitrogen and oxygen atoms in total. The summed E-state index contributed by atoms with van der Waals surface area (Å²) in [5.41, 5.74) is 4.28. The predicted octanol–water partition coefficient (Wildman–Crippen LogP) is 5.68. The van der Waals surface area contributed by atoms with Crippen molar-refractivity contribution in [2.75, 3.05) is 18.0 Å². The molecule has 0 unspecified atom stereocenters. The van der Waals surface area contributed by atoms with Gasteiger partial charge in [-0.3, -0.25) is 9.20 Å². The van der Waals surface area contributed by atoms with Crippen molar-refractivity contribution in [2.24, 2.45) is 0 Å². The minimum absolute atomic E-state index is 0.190. The van der Waals surface area contributed by atoms with Crippen molar-refractivity contribution in [3.8, 4) is 0 Å². The summed E-state index contributed by atoms with van der Waals surface area (Å²) in [6.07, 6.45) is 0.949. The summed E-state index contributed by atoms with van der Waals surface area (Å²) in [5.74, 6) is 0.863. The molecule has 0 radical (unpaired) electrons. The van der Waals surface area contributed by atoms with Crippen LogP contribution in [0.25, 0.3) is 5.65 Å². The molecule has 1 aromatic carbocycles. The highest BCUT2D eigenvalue weighted by atomic mass is 19.4. The van der Waals surface area contributed by atoms with Gasteiger partial charge in [-0.2, -0.15) is 13.2 Å². The molecule has 1 amide bonds. The Morgan fingerprint density at radius 1 is 1.05 bits per heavy atom. The highest BCUT2D eigenvalue weighted by Crippen LogP contribution is 2.33. The summed E-state index contributed by atoms with van der Waals surface area (Å²) in [4.78, 5) is 24.2. The van der Waals surface area contributed by atoms with E-state index >= 15 is 0 Å². The number of nitrogens with one attached hydrogen (secondary N) is 1. The summed E-state index contributed by atoms with van der Waals surface area (Å²) in [5, 5.41) is 3.00. The number of piperidine rings is 1. The third-order valence-electron chi connectivity index (χ3n) is 6.96. The van der Waals surface area contributed by atoms with Gasteiger partial charge in [-0.05, 0) is 85.7 Å². The lowest BCUT2D eigenvalue weighted by Gasteiger charge is -2.33. The number of alkyl halides is 3. The highest BCUT2D eigenvalue weighted by Gasteiger charge is 2.30. The zero-order chi connectivity index (χ0) is 26.2. The fraction of sp³-hybridized carbons (Fsp3) is 0.321. The Kier molecular flexibility index (Phi) is 6.62. The van der Waals surface area contributed by atoms with Crippen LogP contribution in [0.5, 0.6) is 0 Å². The molecule has 4 heterocycles. The Labute approximate surface area is 213 Å². The normalized spacial score (nSPS) is 14.8. The maximum Gasteiger partial charge on any atom is 0.416 e. The molecule has 1 saturated heterocycles. The molecule has 1 aliphatic heterocycles. The van der Waals surface area contributed by atoms with Crippen LogP contribution < -0.4 is 10.2 Å². The third kappa shape index (κ3) is 5.30. The van der Waals surface area contributed by atoms with E-state index in [9.17, 15) is 18.0 Å². The van der Waals surface area contributed by atoms with Gasteiger partial charge in [0.15, 0.2) is 0 Å². The fourth-order valence-electron chi connectivity index (χ4n) is 4.93. The van der Waals surface area contributed by atoms with Gasteiger partial charge in [0.2, 0.25) is 0 Å². The number of aryl methyl sites for hydroxylation is 2. The van der Waals surface area contributed by atoms with Crippen LogP contribution in [-0.4, -0.2) is 33.4 Å². The molecule has 192 valence electrons. The zero-order valence-corrected chi connectivity index (χ0v) is 20.7. The van der Waals surface area contributed by atoms with Crippen molar-refractivity contribution in [1.29, 1.82) is 0 Å². The molecule has 3 aromatic heterocycles. The molecule has 0 atom stereocenters. The maximum absolute atomic E-state index is 13.0. The molecular weight excluding hydrogens is 479 g/mol. The topological polar surface area (TPSA) is 62.5 Å². The summed E-state index contributed by atoms with van der Waals surface area (Å²) in [6, 6.07) is 13.3. The molecule has 0 saturated carbocycles. The predicted molar refractivity (Wildman–Crippen MR) is 136 cm³/mol. The molecule has 9 heteroatoms. The lowest BCUT2D eigenvalue weighted by Crippen LogP contribution is -2.33. The number of fused-ring (bicyclic) bond motifs is 1. The van der Waals surface area contributed by atoms with Crippen LogP contribution in [0.4, 0.5) is 19.0 Å². The van der Waals surface area contributed by atoms with Gasteiger partial charge in [0.25, 0.3) is 5.91 Å². The highest BCUT2D eigenvalue weighted by molar-refractivity contribution is 5.94. The number of hydrogen-bond donors (Lipinski definition) is 1. The monoisotopic (exact) mass is 507 g/mol.